The molecule has 0 bridgehead atoms. The largest absolute Gasteiger partial charge is 0.492 e. The predicted octanol–water partition coefficient (Wildman–Crippen LogP) is 3.71. The van der Waals surface area contributed by atoms with Gasteiger partial charge >= 0.3 is 12.1 Å². The van der Waals surface area contributed by atoms with Crippen LogP contribution >= 0.6 is 0 Å². The van der Waals surface area contributed by atoms with Crippen LogP contribution in [-0.2, 0) is 14.3 Å². The van der Waals surface area contributed by atoms with Crippen LogP contribution in [-0.4, -0.2) is 70.1 Å². The van der Waals surface area contributed by atoms with Crippen LogP contribution in [0.15, 0.2) is 30.3 Å². The molecule has 2 amide bonds. The van der Waals surface area contributed by atoms with Gasteiger partial charge in [-0.1, -0.05) is 12.1 Å². The zero-order chi connectivity index (χ0) is 25.9. The number of ether oxygens (including phenoxy) is 5. The Bertz CT molecular complexity index is 1120. The molecule has 0 saturated carbocycles. The summed E-state index contributed by atoms with van der Waals surface area (Å²) in [6, 6.07) is 8.52. The summed E-state index contributed by atoms with van der Waals surface area (Å²) < 4.78 is 26.8. The third-order valence-corrected chi connectivity index (χ3v) is 5.22. The molecule has 1 aliphatic heterocycles. The normalized spacial score (nSPS) is 12.1. The van der Waals surface area contributed by atoms with Crippen molar-refractivity contribution in [3.05, 3.63) is 35.9 Å². The quantitative estimate of drug-likeness (QED) is 0.570. The Hall–Kier alpha value is -3.95. The number of benzene rings is 2. The molecular weight excluding hydrogens is 456 g/mol. The molecule has 3 rings (SSSR count). The molecule has 0 N–H and O–H groups in total. The summed E-state index contributed by atoms with van der Waals surface area (Å²) in [6.07, 6.45) is -0.583. The van der Waals surface area contributed by atoms with Crippen LogP contribution in [0.3, 0.4) is 0 Å². The van der Waals surface area contributed by atoms with Gasteiger partial charge in [0.25, 0.3) is 0 Å². The van der Waals surface area contributed by atoms with Crippen LogP contribution < -0.4 is 19.1 Å². The summed E-state index contributed by atoms with van der Waals surface area (Å²) in [5, 5.41) is 0. The molecular formula is C25H30N2O8. The highest BCUT2D eigenvalue weighted by Crippen LogP contribution is 2.49. The van der Waals surface area contributed by atoms with E-state index in [1.54, 1.807) is 58.2 Å². The van der Waals surface area contributed by atoms with Crippen molar-refractivity contribution in [2.75, 3.05) is 46.6 Å². The first-order valence-corrected chi connectivity index (χ1v) is 10.9. The third kappa shape index (κ3) is 5.59. The number of anilines is 1. The molecule has 0 aromatic heterocycles. The Labute approximate surface area is 204 Å². The minimum atomic E-state index is -0.658. The Morgan fingerprint density at radius 2 is 1.69 bits per heavy atom. The van der Waals surface area contributed by atoms with Gasteiger partial charge in [0.05, 0.1) is 19.8 Å². The zero-order valence-electron chi connectivity index (χ0n) is 21.0. The van der Waals surface area contributed by atoms with Crippen LogP contribution in [0, 0.1) is 0 Å². The van der Waals surface area contributed by atoms with Crippen LogP contribution in [0.25, 0.3) is 11.1 Å². The summed E-state index contributed by atoms with van der Waals surface area (Å²) in [5.41, 5.74) is 1.32. The maximum absolute atomic E-state index is 12.8. The molecule has 0 spiro atoms. The molecule has 0 atom stereocenters. The van der Waals surface area contributed by atoms with Gasteiger partial charge in [-0.15, -0.1) is 0 Å². The molecule has 2 aromatic carbocycles. The van der Waals surface area contributed by atoms with Crippen LogP contribution in [0.5, 0.6) is 17.2 Å². The molecule has 0 fully saturated rings. The highest BCUT2D eigenvalue weighted by molar-refractivity contribution is 6.01. The van der Waals surface area contributed by atoms with Gasteiger partial charge < -0.3 is 33.5 Å². The highest BCUT2D eigenvalue weighted by Gasteiger charge is 2.29. The van der Waals surface area contributed by atoms with E-state index in [1.807, 2.05) is 0 Å². The number of hydrogen-bond donors (Lipinski definition) is 0. The van der Waals surface area contributed by atoms with E-state index in [0.717, 1.165) is 0 Å². The Kier molecular flexibility index (Phi) is 7.42. The Morgan fingerprint density at radius 1 is 1.03 bits per heavy atom. The number of amides is 2. The smallest absolute Gasteiger partial charge is 0.410 e. The summed E-state index contributed by atoms with van der Waals surface area (Å²) in [7, 11) is 5.88. The number of esters is 1. The number of carbonyl (C=O) groups excluding carboxylic acids is 3. The van der Waals surface area contributed by atoms with Gasteiger partial charge in [0.1, 0.15) is 12.1 Å². The molecule has 0 saturated heterocycles. The molecule has 1 aliphatic rings. The Morgan fingerprint density at radius 3 is 2.26 bits per heavy atom. The van der Waals surface area contributed by atoms with Crippen molar-refractivity contribution in [1.29, 1.82) is 0 Å². The van der Waals surface area contributed by atoms with E-state index < -0.39 is 17.7 Å². The minimum Gasteiger partial charge on any atom is -0.492 e. The van der Waals surface area contributed by atoms with Crippen molar-refractivity contribution in [1.82, 2.24) is 4.90 Å². The number of nitrogens with zero attached hydrogens (tertiary/aromatic N) is 2. The maximum atomic E-state index is 12.8. The van der Waals surface area contributed by atoms with Gasteiger partial charge in [-0.2, -0.15) is 0 Å². The van der Waals surface area contributed by atoms with Crippen molar-refractivity contribution in [2.45, 2.75) is 26.4 Å². The molecule has 0 aliphatic carbocycles. The van der Waals surface area contributed by atoms with Crippen LogP contribution in [0.2, 0.25) is 0 Å². The first-order valence-electron chi connectivity index (χ1n) is 10.9. The van der Waals surface area contributed by atoms with Gasteiger partial charge in [-0.05, 0) is 44.5 Å². The number of fused-ring (bicyclic) bond motifs is 1. The van der Waals surface area contributed by atoms with E-state index in [1.165, 1.54) is 31.1 Å². The summed E-state index contributed by atoms with van der Waals surface area (Å²) in [4.78, 5) is 40.1. The van der Waals surface area contributed by atoms with Crippen LogP contribution in [0.1, 0.15) is 31.1 Å². The SMILES string of the molecule is COC(=O)c1cc2c(c(OC)c1-c1ccc(N(C)C(=O)CN(C)C(=O)OC(C)(C)C)cc1)OCO2. The fourth-order valence-electron chi connectivity index (χ4n) is 3.47. The predicted molar refractivity (Wildman–Crippen MR) is 128 cm³/mol. The molecule has 10 nitrogen and oxygen atoms in total. The first kappa shape index (κ1) is 25.7. The van der Waals surface area contributed by atoms with Crippen molar-refractivity contribution in [3.8, 4) is 28.4 Å². The molecule has 0 radical (unpaired) electrons. The van der Waals surface area contributed by atoms with Gasteiger partial charge in [0.15, 0.2) is 11.5 Å². The standard InChI is InChI=1S/C25H30N2O8/c1-25(2,3)35-24(30)26(4)13-19(28)27(5)16-10-8-15(9-11-16)20-17(23(29)32-7)12-18-21(22(20)31-6)34-14-33-18/h8-12H,13-14H2,1-7H3. The number of hydrogen-bond acceptors (Lipinski definition) is 8. The fourth-order valence-corrected chi connectivity index (χ4v) is 3.47. The maximum Gasteiger partial charge on any atom is 0.410 e. The van der Waals surface area contributed by atoms with E-state index >= 15 is 0 Å². The third-order valence-electron chi connectivity index (χ3n) is 5.22. The topological polar surface area (TPSA) is 104 Å². The van der Waals surface area contributed by atoms with Gasteiger partial charge in [0, 0.05) is 25.3 Å². The lowest BCUT2D eigenvalue weighted by Gasteiger charge is -2.26. The van der Waals surface area contributed by atoms with E-state index in [0.29, 0.717) is 34.1 Å². The second-order valence-electron chi connectivity index (χ2n) is 8.89. The average Bonchev–Trinajstić information content (AvgIpc) is 3.29. The van der Waals surface area contributed by atoms with Crippen molar-refractivity contribution < 1.29 is 38.1 Å². The Balaban J connectivity index is 1.86. The van der Waals surface area contributed by atoms with E-state index in [4.69, 9.17) is 23.7 Å². The molecule has 188 valence electrons. The van der Waals surface area contributed by atoms with Gasteiger partial charge in [-0.3, -0.25) is 4.79 Å². The highest BCUT2D eigenvalue weighted by atomic mass is 16.7. The summed E-state index contributed by atoms with van der Waals surface area (Å²) >= 11 is 0. The van der Waals surface area contributed by atoms with E-state index in [2.05, 4.69) is 0 Å². The number of rotatable bonds is 6. The number of methoxy groups -OCH3 is 2. The lowest BCUT2D eigenvalue weighted by molar-refractivity contribution is -0.119. The second-order valence-corrected chi connectivity index (χ2v) is 8.89. The second kappa shape index (κ2) is 10.1. The summed E-state index contributed by atoms with van der Waals surface area (Å²) in [6.45, 7) is 5.13. The van der Waals surface area contributed by atoms with Gasteiger partial charge in [0.2, 0.25) is 18.4 Å². The van der Waals surface area contributed by atoms with E-state index in [-0.39, 0.29) is 24.8 Å². The minimum absolute atomic E-state index is 0.0132. The number of likely N-dealkylation sites (N-methyl/N-ethyl adjacent to an activating group) is 2. The average molecular weight is 487 g/mol. The zero-order valence-corrected chi connectivity index (χ0v) is 21.0. The molecule has 35 heavy (non-hydrogen) atoms. The van der Waals surface area contributed by atoms with Gasteiger partial charge in [-0.25, -0.2) is 9.59 Å². The van der Waals surface area contributed by atoms with E-state index in [9.17, 15) is 14.4 Å². The molecule has 0 unspecified atom stereocenters. The lowest BCUT2D eigenvalue weighted by Crippen LogP contribution is -2.41. The first-order chi connectivity index (χ1) is 16.5. The summed E-state index contributed by atoms with van der Waals surface area (Å²) in [5.74, 6) is 0.274. The number of carbonyl (C=O) groups is 3. The fraction of sp³-hybridized carbons (Fsp3) is 0.400. The molecule has 2 aromatic rings. The molecule has 1 heterocycles. The van der Waals surface area contributed by atoms with Crippen molar-refractivity contribution in [2.24, 2.45) is 0 Å². The van der Waals surface area contributed by atoms with Crippen LogP contribution in [0.4, 0.5) is 10.5 Å². The monoisotopic (exact) mass is 486 g/mol. The lowest BCUT2D eigenvalue weighted by atomic mass is 9.97. The van der Waals surface area contributed by atoms with Crippen molar-refractivity contribution in [3.63, 3.8) is 0 Å². The van der Waals surface area contributed by atoms with Crippen molar-refractivity contribution >= 4 is 23.7 Å². The molecule has 10 heteroatoms.